The molecule has 3 heterocycles. The van der Waals surface area contributed by atoms with Gasteiger partial charge in [0.05, 0.1) is 39.8 Å². The monoisotopic (exact) mass is 595 g/mol. The number of nitriles is 1. The Morgan fingerprint density at radius 1 is 1.09 bits per heavy atom. The molecule has 0 bridgehead atoms. The number of H-pyrrole nitrogens is 1. The van der Waals surface area contributed by atoms with Crippen molar-refractivity contribution < 1.29 is 4.39 Å². The molecule has 6 rings (SSSR count). The molecule has 0 atom stereocenters. The highest BCUT2D eigenvalue weighted by Gasteiger charge is 2.45. The molecule has 0 radical (unpaired) electrons. The van der Waals surface area contributed by atoms with Crippen molar-refractivity contribution in [1.82, 2.24) is 19.8 Å². The zero-order chi connectivity index (χ0) is 30.4. The number of rotatable bonds is 6. The van der Waals surface area contributed by atoms with E-state index >= 15 is 0 Å². The van der Waals surface area contributed by atoms with Crippen molar-refractivity contribution in [2.75, 3.05) is 19.6 Å². The third kappa shape index (κ3) is 5.94. The molecule has 2 aliphatic heterocycles. The third-order valence-electron chi connectivity index (χ3n) is 9.30. The lowest BCUT2D eigenvalue weighted by molar-refractivity contribution is 0.00826. The van der Waals surface area contributed by atoms with Crippen LogP contribution in [0.5, 0.6) is 0 Å². The van der Waals surface area contributed by atoms with E-state index in [9.17, 15) is 9.65 Å². The summed E-state index contributed by atoms with van der Waals surface area (Å²) < 4.78 is 14.2. The van der Waals surface area contributed by atoms with Crippen LogP contribution in [0.25, 0.3) is 22.2 Å². The summed E-state index contributed by atoms with van der Waals surface area (Å²) in [7, 11) is 0. The Morgan fingerprint density at radius 3 is 2.60 bits per heavy atom. The first-order chi connectivity index (χ1) is 20.5. The number of hydrogen-bond acceptors (Lipinski definition) is 4. The minimum Gasteiger partial charge on any atom is -0.375 e. The number of allylic oxidation sites excluding steroid dienone is 1. The van der Waals surface area contributed by atoms with Gasteiger partial charge in [-0.05, 0) is 78.0 Å². The van der Waals surface area contributed by atoms with Gasteiger partial charge in [0.25, 0.3) is 0 Å². The molecule has 0 saturated carbocycles. The number of aromatic nitrogens is 2. The van der Waals surface area contributed by atoms with Crippen LogP contribution in [-0.4, -0.2) is 39.4 Å². The molecule has 2 aliphatic rings. The maximum absolute atomic E-state index is 14.2. The summed E-state index contributed by atoms with van der Waals surface area (Å²) in [4.78, 5) is 13.2. The van der Waals surface area contributed by atoms with Crippen molar-refractivity contribution >= 4 is 22.6 Å². The van der Waals surface area contributed by atoms with Gasteiger partial charge in [-0.3, -0.25) is 4.90 Å². The van der Waals surface area contributed by atoms with Crippen LogP contribution in [0.15, 0.2) is 66.9 Å². The van der Waals surface area contributed by atoms with Gasteiger partial charge in [0.15, 0.2) is 0 Å². The molecule has 1 saturated heterocycles. The van der Waals surface area contributed by atoms with E-state index in [-0.39, 0.29) is 16.0 Å². The van der Waals surface area contributed by atoms with E-state index < -0.39 is 5.82 Å². The summed E-state index contributed by atoms with van der Waals surface area (Å²) in [5, 5.41) is 9.51. The maximum atomic E-state index is 14.2. The average Bonchev–Trinajstić information content (AvgIpc) is 3.38. The fourth-order valence-electron chi connectivity index (χ4n) is 6.84. The second-order valence-corrected chi connectivity index (χ2v) is 13.8. The summed E-state index contributed by atoms with van der Waals surface area (Å²) >= 11 is 6.06. The number of halogens is 2. The molecule has 1 spiro atoms. The molecule has 5 nitrogen and oxygen atoms in total. The zero-order valence-corrected chi connectivity index (χ0v) is 26.1. The second-order valence-electron chi connectivity index (χ2n) is 13.3. The van der Waals surface area contributed by atoms with E-state index in [1.54, 1.807) is 6.07 Å². The second kappa shape index (κ2) is 11.4. The van der Waals surface area contributed by atoms with Crippen molar-refractivity contribution in [3.8, 4) is 17.2 Å². The van der Waals surface area contributed by atoms with Crippen LogP contribution in [0.2, 0.25) is 5.02 Å². The summed E-state index contributed by atoms with van der Waals surface area (Å²) in [5.41, 5.74) is 8.34. The predicted octanol–water partition coefficient (Wildman–Crippen LogP) is 8.58. The molecular weight excluding hydrogens is 557 g/mol. The van der Waals surface area contributed by atoms with Gasteiger partial charge >= 0.3 is 0 Å². The molecule has 222 valence electrons. The van der Waals surface area contributed by atoms with Gasteiger partial charge in [0.2, 0.25) is 0 Å². The summed E-state index contributed by atoms with van der Waals surface area (Å²) in [6.45, 7) is 14.8. The normalized spacial score (nSPS) is 16.8. The lowest BCUT2D eigenvalue weighted by Gasteiger charge is -2.53. The van der Waals surface area contributed by atoms with Gasteiger partial charge in [-0.15, -0.1) is 0 Å². The lowest BCUT2D eigenvalue weighted by atomic mass is 9.73. The van der Waals surface area contributed by atoms with Crippen LogP contribution < -0.4 is 0 Å². The molecule has 1 aromatic heterocycles. The van der Waals surface area contributed by atoms with Crippen LogP contribution in [-0.2, 0) is 18.5 Å². The van der Waals surface area contributed by atoms with Crippen LogP contribution >= 0.6 is 11.6 Å². The Morgan fingerprint density at radius 2 is 1.86 bits per heavy atom. The maximum Gasteiger partial charge on any atom is 0.144 e. The number of fused-ring (bicyclic) bond motifs is 3. The fourth-order valence-corrected chi connectivity index (χ4v) is 7.00. The van der Waals surface area contributed by atoms with Crippen molar-refractivity contribution in [3.63, 3.8) is 0 Å². The Hall–Kier alpha value is -3.66. The minimum atomic E-state index is -0.442. The first-order valence-electron chi connectivity index (χ1n) is 15.2. The van der Waals surface area contributed by atoms with Gasteiger partial charge in [-0.25, -0.2) is 9.37 Å². The Labute approximate surface area is 259 Å². The molecule has 4 aromatic rings. The standard InChI is InChI=1S/C36H39ClFN5/c1-24(10-12-35(2,3)4)42-16-13-36(14-17-42)29-9-8-27(26-7-5-6-25(18-26)22-39)19-28(29)11-15-43(36)23-34-40-32-20-30(37)31(38)21-33(32)41-34/h5-9,18-21H,1,10-17,23H2,2-4H3,(H,40,41). The van der Waals surface area contributed by atoms with Crippen LogP contribution in [0.1, 0.15) is 69.0 Å². The molecule has 0 aliphatic carbocycles. The van der Waals surface area contributed by atoms with Crippen molar-refractivity contribution in [3.05, 3.63) is 100 Å². The minimum absolute atomic E-state index is 0.0871. The Kier molecular flexibility index (Phi) is 7.83. The van der Waals surface area contributed by atoms with Crippen LogP contribution in [0.3, 0.4) is 0 Å². The number of benzene rings is 3. The topological polar surface area (TPSA) is 59.0 Å². The third-order valence-corrected chi connectivity index (χ3v) is 9.59. The first-order valence-corrected chi connectivity index (χ1v) is 15.6. The van der Waals surface area contributed by atoms with Gasteiger partial charge in [0.1, 0.15) is 11.6 Å². The summed E-state index contributed by atoms with van der Waals surface area (Å²) in [6.07, 6.45) is 5.03. The quantitative estimate of drug-likeness (QED) is 0.242. The molecule has 0 unspecified atom stereocenters. The Bertz CT molecular complexity index is 1680. The van der Waals surface area contributed by atoms with E-state index in [0.717, 1.165) is 68.7 Å². The van der Waals surface area contributed by atoms with Crippen molar-refractivity contribution in [1.29, 1.82) is 5.26 Å². The lowest BCUT2D eigenvalue weighted by Crippen LogP contribution is -2.55. The highest BCUT2D eigenvalue weighted by Crippen LogP contribution is 2.46. The van der Waals surface area contributed by atoms with Crippen LogP contribution in [0, 0.1) is 22.6 Å². The van der Waals surface area contributed by atoms with Crippen LogP contribution in [0.4, 0.5) is 4.39 Å². The van der Waals surface area contributed by atoms with E-state index in [0.29, 0.717) is 23.1 Å². The molecule has 3 aromatic carbocycles. The van der Waals surface area contributed by atoms with Crippen molar-refractivity contribution in [2.45, 2.75) is 65.0 Å². The zero-order valence-electron chi connectivity index (χ0n) is 25.3. The molecule has 1 N–H and O–H groups in total. The Balaban J connectivity index is 1.32. The molecule has 43 heavy (non-hydrogen) atoms. The number of aromatic amines is 1. The smallest absolute Gasteiger partial charge is 0.144 e. The number of imidazole rings is 1. The summed E-state index contributed by atoms with van der Waals surface area (Å²) in [6, 6.07) is 20.0. The number of nitrogens with one attached hydrogen (secondary N) is 1. The van der Waals surface area contributed by atoms with E-state index in [1.165, 1.54) is 22.9 Å². The first kappa shape index (κ1) is 29.4. The predicted molar refractivity (Wildman–Crippen MR) is 172 cm³/mol. The van der Waals surface area contributed by atoms with Gasteiger partial charge < -0.3 is 9.88 Å². The molecular formula is C36H39ClFN5. The number of nitrogens with zero attached hydrogens (tertiary/aromatic N) is 4. The van der Waals surface area contributed by atoms with Gasteiger partial charge in [-0.1, -0.05) is 69.3 Å². The number of piperidine rings is 1. The average molecular weight is 596 g/mol. The van der Waals surface area contributed by atoms with E-state index in [4.69, 9.17) is 16.6 Å². The van der Waals surface area contributed by atoms with E-state index in [2.05, 4.69) is 72.5 Å². The van der Waals surface area contributed by atoms with Crippen molar-refractivity contribution in [2.24, 2.45) is 5.41 Å². The van der Waals surface area contributed by atoms with E-state index in [1.807, 2.05) is 18.2 Å². The largest absolute Gasteiger partial charge is 0.375 e. The fraction of sp³-hybridized carbons (Fsp3) is 0.389. The number of hydrogen-bond donors (Lipinski definition) is 1. The summed E-state index contributed by atoms with van der Waals surface area (Å²) in [5.74, 6) is 0.379. The molecule has 0 amide bonds. The molecule has 7 heteroatoms. The highest BCUT2D eigenvalue weighted by atomic mass is 35.5. The highest BCUT2D eigenvalue weighted by molar-refractivity contribution is 6.31. The SMILES string of the molecule is C=C(CCC(C)(C)C)N1CCC2(CC1)c1ccc(-c3cccc(C#N)c3)cc1CCN2Cc1nc2cc(Cl)c(F)cc2[nH]1. The van der Waals surface area contributed by atoms with Gasteiger partial charge in [-0.2, -0.15) is 5.26 Å². The number of likely N-dealkylation sites (tertiary alicyclic amines) is 1. The molecule has 1 fully saturated rings. The van der Waals surface area contributed by atoms with Gasteiger partial charge in [0, 0.05) is 31.4 Å².